The fraction of sp³-hybridized carbons (Fsp3) is 0.455. The van der Waals surface area contributed by atoms with E-state index in [1.54, 1.807) is 0 Å². The minimum absolute atomic E-state index is 0.0960. The number of hydrogen-bond donors (Lipinski definition) is 0. The Morgan fingerprint density at radius 3 is 1.62 bits per heavy atom. The summed E-state index contributed by atoms with van der Waals surface area (Å²) in [6, 6.07) is 0. The SMILES string of the molecule is FC(F)(F)C(F)(F)C(F)(F)C(F)(F)S(F)(F)(F)(F)C=C1C=CC(Br)=CC1. The van der Waals surface area contributed by atoms with Crippen LogP contribution in [0.1, 0.15) is 6.42 Å². The minimum atomic E-state index is -11.6. The zero-order valence-electron chi connectivity index (χ0n) is 11.7. The maximum absolute atomic E-state index is 13.6. The molecule has 0 nitrogen and oxygen atoms in total. The molecule has 0 aromatic carbocycles. The van der Waals surface area contributed by atoms with Crippen molar-refractivity contribution in [2.75, 3.05) is 0 Å². The first-order valence-electron chi connectivity index (χ1n) is 5.95. The van der Waals surface area contributed by atoms with Gasteiger partial charge in [-0.2, -0.15) is 39.5 Å². The van der Waals surface area contributed by atoms with E-state index in [9.17, 15) is 55.1 Å². The highest BCUT2D eigenvalue weighted by molar-refractivity contribution is 9.11. The number of alkyl halides is 9. The van der Waals surface area contributed by atoms with Gasteiger partial charge in [-0.05, 0) is 18.1 Å². The molecule has 1 rings (SSSR count). The summed E-state index contributed by atoms with van der Waals surface area (Å²) < 4.78 is 168. The van der Waals surface area contributed by atoms with Gasteiger partial charge in [0.2, 0.25) is 9.84 Å². The lowest BCUT2D eigenvalue weighted by atomic mass is 10.1. The van der Waals surface area contributed by atoms with Crippen LogP contribution in [-0.4, -0.2) is 23.3 Å². The Balaban J connectivity index is 3.66. The molecule has 0 amide bonds. The molecule has 0 bridgehead atoms. The predicted molar refractivity (Wildman–Crippen MR) is 71.8 cm³/mol. The van der Waals surface area contributed by atoms with Crippen molar-refractivity contribution < 1.29 is 55.1 Å². The molecule has 0 radical (unpaired) electrons. The van der Waals surface area contributed by atoms with Gasteiger partial charge in [0.25, 0.3) is 0 Å². The van der Waals surface area contributed by atoms with Gasteiger partial charge in [-0.25, -0.2) is 0 Å². The molecule has 1 aliphatic carbocycles. The maximum Gasteiger partial charge on any atom is 0.460 e. The summed E-state index contributed by atoms with van der Waals surface area (Å²) in [6.45, 7) is 0. The van der Waals surface area contributed by atoms with Gasteiger partial charge in [0.15, 0.2) is 0 Å². The molecule has 0 aliphatic heterocycles. The van der Waals surface area contributed by atoms with E-state index in [0.29, 0.717) is 6.08 Å². The molecule has 0 saturated heterocycles. The zero-order valence-corrected chi connectivity index (χ0v) is 14.1. The lowest BCUT2D eigenvalue weighted by molar-refractivity contribution is -0.384. The molecular formula is C11H6BrF13S. The Kier molecular flexibility index (Phi) is 4.77. The van der Waals surface area contributed by atoms with Gasteiger partial charge in [0.1, 0.15) is 0 Å². The summed E-state index contributed by atoms with van der Waals surface area (Å²) in [5.41, 5.74) is -1.39. The van der Waals surface area contributed by atoms with Crippen LogP contribution in [-0.2, 0) is 0 Å². The number of halogens is 14. The number of hydrogen-bond acceptors (Lipinski definition) is 0. The molecule has 26 heavy (non-hydrogen) atoms. The topological polar surface area (TPSA) is 0 Å². The molecule has 0 fully saturated rings. The fourth-order valence-corrected chi connectivity index (χ4v) is 3.52. The van der Waals surface area contributed by atoms with Crippen LogP contribution in [0, 0.1) is 0 Å². The van der Waals surface area contributed by atoms with Crippen LogP contribution in [0.5, 0.6) is 0 Å². The molecule has 0 spiro atoms. The smallest absolute Gasteiger partial charge is 0.191 e. The van der Waals surface area contributed by atoms with Crippen molar-refractivity contribution in [3.63, 3.8) is 0 Å². The average Bonchev–Trinajstić information content (AvgIpc) is 2.38. The highest BCUT2D eigenvalue weighted by atomic mass is 79.9. The van der Waals surface area contributed by atoms with Crippen LogP contribution >= 0.6 is 25.8 Å². The third kappa shape index (κ3) is 3.36. The van der Waals surface area contributed by atoms with Crippen molar-refractivity contribution in [2.24, 2.45) is 0 Å². The highest BCUT2D eigenvalue weighted by Gasteiger charge is 2.96. The second kappa shape index (κ2) is 5.35. The van der Waals surface area contributed by atoms with Crippen molar-refractivity contribution in [2.45, 2.75) is 29.7 Å². The van der Waals surface area contributed by atoms with Crippen molar-refractivity contribution in [3.05, 3.63) is 33.7 Å². The van der Waals surface area contributed by atoms with Crippen LogP contribution in [0.25, 0.3) is 0 Å². The first-order valence-corrected chi connectivity index (χ1v) is 8.85. The summed E-state index contributed by atoms with van der Waals surface area (Å²) in [6.07, 6.45) is -6.49. The molecule has 0 aromatic rings. The molecule has 15 heteroatoms. The summed E-state index contributed by atoms with van der Waals surface area (Å²) in [7, 11) is -11.6. The van der Waals surface area contributed by atoms with Gasteiger partial charge in [-0.3, -0.25) is 0 Å². The van der Waals surface area contributed by atoms with Crippen LogP contribution in [0.3, 0.4) is 0 Å². The standard InChI is InChI=1S/C11H6BrF13S/c12-7-3-1-6(2-4-7)5-26(22,23,24,25)11(20,21)9(15,16)8(13,14)10(17,18)19/h1,3-5H,2H2. The molecular weight excluding hydrogens is 491 g/mol. The first-order chi connectivity index (χ1) is 11.0. The van der Waals surface area contributed by atoms with E-state index in [1.165, 1.54) is 0 Å². The van der Waals surface area contributed by atoms with Gasteiger partial charge >= 0.3 is 23.3 Å². The van der Waals surface area contributed by atoms with Crippen molar-refractivity contribution >= 4 is 25.8 Å². The molecule has 0 unspecified atom stereocenters. The lowest BCUT2D eigenvalue weighted by Crippen LogP contribution is -2.64. The van der Waals surface area contributed by atoms with E-state index in [2.05, 4.69) is 15.9 Å². The summed E-state index contributed by atoms with van der Waals surface area (Å²) in [5, 5.41) is -10.3. The Hall–Kier alpha value is -0.860. The largest absolute Gasteiger partial charge is 0.460 e. The molecule has 154 valence electrons. The van der Waals surface area contributed by atoms with Gasteiger partial charge in [0, 0.05) is 4.48 Å². The van der Waals surface area contributed by atoms with Crippen LogP contribution in [0.4, 0.5) is 55.1 Å². The van der Waals surface area contributed by atoms with Gasteiger partial charge in [-0.15, -0.1) is 15.5 Å². The van der Waals surface area contributed by atoms with E-state index < -0.39 is 50.5 Å². The molecule has 1 aliphatic rings. The Labute approximate surface area is 145 Å². The Morgan fingerprint density at radius 1 is 0.808 bits per heavy atom. The Bertz CT molecular complexity index is 691. The van der Waals surface area contributed by atoms with E-state index in [4.69, 9.17) is 0 Å². The second-order valence-electron chi connectivity index (χ2n) is 5.12. The monoisotopic (exact) mass is 496 g/mol. The van der Waals surface area contributed by atoms with E-state index in [-0.39, 0.29) is 4.48 Å². The van der Waals surface area contributed by atoms with Crippen molar-refractivity contribution in [1.29, 1.82) is 0 Å². The van der Waals surface area contributed by atoms with E-state index >= 15 is 0 Å². The van der Waals surface area contributed by atoms with E-state index in [0.717, 1.165) is 12.2 Å². The molecule has 0 saturated carbocycles. The number of allylic oxidation sites excluding steroid dienone is 5. The summed E-state index contributed by atoms with van der Waals surface area (Å²) in [5.74, 6) is -16.0. The zero-order chi connectivity index (χ0) is 21.1. The molecule has 0 N–H and O–H groups in total. The predicted octanol–water partition coefficient (Wildman–Crippen LogP) is 7.95. The quantitative estimate of drug-likeness (QED) is 0.346. The van der Waals surface area contributed by atoms with Gasteiger partial charge in [0.05, 0.1) is 5.41 Å². The van der Waals surface area contributed by atoms with E-state index in [1.807, 2.05) is 0 Å². The number of rotatable bonds is 4. The minimum Gasteiger partial charge on any atom is -0.191 e. The molecule has 0 atom stereocenters. The molecule has 0 heterocycles. The summed E-state index contributed by atoms with van der Waals surface area (Å²) in [4.78, 5) is 0. The van der Waals surface area contributed by atoms with Crippen LogP contribution in [0.15, 0.2) is 33.7 Å². The second-order valence-corrected chi connectivity index (χ2v) is 9.04. The Morgan fingerprint density at radius 2 is 1.27 bits per heavy atom. The first kappa shape index (κ1) is 23.2. The van der Waals surface area contributed by atoms with Crippen molar-refractivity contribution in [1.82, 2.24) is 0 Å². The normalized spacial score (nSPS) is 22.1. The average molecular weight is 497 g/mol. The van der Waals surface area contributed by atoms with Gasteiger partial charge < -0.3 is 0 Å². The lowest BCUT2D eigenvalue weighted by Gasteiger charge is -2.54. The fourth-order valence-electron chi connectivity index (χ4n) is 1.63. The maximum atomic E-state index is 13.6. The van der Waals surface area contributed by atoms with Crippen LogP contribution in [0.2, 0.25) is 0 Å². The third-order valence-corrected chi connectivity index (χ3v) is 5.72. The summed E-state index contributed by atoms with van der Waals surface area (Å²) >= 11 is 2.73. The van der Waals surface area contributed by atoms with Crippen LogP contribution < -0.4 is 0 Å². The third-order valence-electron chi connectivity index (χ3n) is 3.03. The van der Waals surface area contributed by atoms with Gasteiger partial charge in [-0.1, -0.05) is 28.1 Å². The highest BCUT2D eigenvalue weighted by Crippen LogP contribution is 3.06. The molecule has 0 aromatic heterocycles. The van der Waals surface area contributed by atoms with Crippen molar-refractivity contribution in [3.8, 4) is 0 Å².